The molecule has 0 aliphatic carbocycles. The first-order valence-corrected chi connectivity index (χ1v) is 9.11. The van der Waals surface area contributed by atoms with E-state index in [0.29, 0.717) is 17.5 Å². The smallest absolute Gasteiger partial charge is 0.212 e. The molecule has 1 aliphatic rings. The minimum Gasteiger partial charge on any atom is -0.497 e. The maximum absolute atomic E-state index is 12.9. The van der Waals surface area contributed by atoms with Crippen molar-refractivity contribution in [1.29, 1.82) is 0 Å². The average molecular weight is 354 g/mol. The summed E-state index contributed by atoms with van der Waals surface area (Å²) in [6.07, 6.45) is 4.36. The molecule has 26 heavy (non-hydrogen) atoms. The highest BCUT2D eigenvalue weighted by Gasteiger charge is 2.32. The van der Waals surface area contributed by atoms with Gasteiger partial charge in [-0.05, 0) is 49.6 Å². The topological polar surface area (TPSA) is 51.7 Å². The van der Waals surface area contributed by atoms with Gasteiger partial charge in [0.1, 0.15) is 5.75 Å². The number of ketones is 1. The molecule has 3 rings (SSSR count). The predicted octanol–water partition coefficient (Wildman–Crippen LogP) is 3.98. The SMILES string of the molecule is CCC1CC(C(=O)c2ccc(OC)nc2)CCN1c1ccc(OC)cc1. The number of nitrogens with zero attached hydrogens (tertiary/aromatic N) is 2. The summed E-state index contributed by atoms with van der Waals surface area (Å²) in [6, 6.07) is 12.1. The first-order chi connectivity index (χ1) is 12.7. The molecule has 5 nitrogen and oxygen atoms in total. The van der Waals surface area contributed by atoms with E-state index in [2.05, 4.69) is 28.9 Å². The van der Waals surface area contributed by atoms with Gasteiger partial charge in [-0.15, -0.1) is 0 Å². The van der Waals surface area contributed by atoms with Crippen LogP contribution in [0.25, 0.3) is 0 Å². The van der Waals surface area contributed by atoms with E-state index in [0.717, 1.165) is 31.6 Å². The van der Waals surface area contributed by atoms with Crippen molar-refractivity contribution in [3.63, 3.8) is 0 Å². The minimum absolute atomic E-state index is 0.0460. The van der Waals surface area contributed by atoms with Crippen LogP contribution in [0, 0.1) is 5.92 Å². The molecule has 2 heterocycles. The highest BCUT2D eigenvalue weighted by molar-refractivity contribution is 5.97. The molecular formula is C21H26N2O3. The Bertz CT molecular complexity index is 728. The summed E-state index contributed by atoms with van der Waals surface area (Å²) in [5, 5.41) is 0. The van der Waals surface area contributed by atoms with E-state index >= 15 is 0 Å². The zero-order chi connectivity index (χ0) is 18.5. The Kier molecular flexibility index (Phi) is 5.76. The number of carbonyl (C=O) groups excluding carboxylic acids is 1. The van der Waals surface area contributed by atoms with E-state index in [-0.39, 0.29) is 11.7 Å². The number of benzene rings is 1. The maximum atomic E-state index is 12.9. The van der Waals surface area contributed by atoms with Gasteiger partial charge in [0, 0.05) is 42.0 Å². The number of ether oxygens (including phenoxy) is 2. The number of piperidine rings is 1. The Labute approximate surface area is 155 Å². The van der Waals surface area contributed by atoms with Crippen molar-refractivity contribution < 1.29 is 14.3 Å². The zero-order valence-electron chi connectivity index (χ0n) is 15.6. The molecule has 5 heteroatoms. The Morgan fingerprint density at radius 1 is 1.15 bits per heavy atom. The summed E-state index contributed by atoms with van der Waals surface area (Å²) >= 11 is 0. The molecule has 0 amide bonds. The van der Waals surface area contributed by atoms with Crippen molar-refractivity contribution in [2.75, 3.05) is 25.7 Å². The van der Waals surface area contributed by atoms with Gasteiger partial charge in [0.2, 0.25) is 5.88 Å². The first-order valence-electron chi connectivity index (χ1n) is 9.11. The van der Waals surface area contributed by atoms with Crippen LogP contribution in [-0.4, -0.2) is 37.6 Å². The van der Waals surface area contributed by atoms with Crippen molar-refractivity contribution in [2.45, 2.75) is 32.2 Å². The van der Waals surface area contributed by atoms with Gasteiger partial charge in [0.15, 0.2) is 5.78 Å². The molecule has 1 aromatic heterocycles. The summed E-state index contributed by atoms with van der Waals surface area (Å²) in [7, 11) is 3.25. The van der Waals surface area contributed by atoms with Gasteiger partial charge in [-0.2, -0.15) is 0 Å². The standard InChI is InChI=1S/C21H26N2O3/c1-4-17-13-15(21(24)16-5-10-20(26-3)22-14-16)11-12-23(17)18-6-8-19(25-2)9-7-18/h5-10,14-15,17H,4,11-13H2,1-3H3. The number of hydrogen-bond acceptors (Lipinski definition) is 5. The summed E-state index contributed by atoms with van der Waals surface area (Å²) in [6.45, 7) is 3.06. The maximum Gasteiger partial charge on any atom is 0.212 e. The van der Waals surface area contributed by atoms with Crippen LogP contribution in [0.4, 0.5) is 5.69 Å². The molecule has 1 aromatic carbocycles. The molecule has 1 saturated heterocycles. The fraction of sp³-hybridized carbons (Fsp3) is 0.429. The molecule has 0 spiro atoms. The number of aromatic nitrogens is 1. The van der Waals surface area contributed by atoms with Crippen LogP contribution in [0.3, 0.4) is 0 Å². The average Bonchev–Trinajstić information content (AvgIpc) is 2.73. The van der Waals surface area contributed by atoms with Crippen molar-refractivity contribution in [2.24, 2.45) is 5.92 Å². The van der Waals surface area contributed by atoms with Crippen molar-refractivity contribution in [3.8, 4) is 11.6 Å². The fourth-order valence-electron chi connectivity index (χ4n) is 3.67. The Morgan fingerprint density at radius 3 is 2.50 bits per heavy atom. The van der Waals surface area contributed by atoms with Crippen molar-refractivity contribution in [3.05, 3.63) is 48.2 Å². The van der Waals surface area contributed by atoms with Gasteiger partial charge < -0.3 is 14.4 Å². The molecule has 2 atom stereocenters. The van der Waals surface area contributed by atoms with E-state index in [1.807, 2.05) is 18.2 Å². The van der Waals surface area contributed by atoms with Gasteiger partial charge in [-0.1, -0.05) is 6.92 Å². The van der Waals surface area contributed by atoms with Gasteiger partial charge in [-0.3, -0.25) is 4.79 Å². The Morgan fingerprint density at radius 2 is 1.92 bits per heavy atom. The number of rotatable bonds is 6. The summed E-state index contributed by atoms with van der Waals surface area (Å²) in [4.78, 5) is 19.4. The lowest BCUT2D eigenvalue weighted by molar-refractivity contribution is 0.0887. The highest BCUT2D eigenvalue weighted by atomic mass is 16.5. The van der Waals surface area contributed by atoms with Crippen molar-refractivity contribution >= 4 is 11.5 Å². The third kappa shape index (κ3) is 3.82. The Hall–Kier alpha value is -2.56. The van der Waals surface area contributed by atoms with Crippen LogP contribution in [0.15, 0.2) is 42.6 Å². The van der Waals surface area contributed by atoms with Crippen molar-refractivity contribution in [1.82, 2.24) is 4.98 Å². The molecule has 2 aromatic rings. The fourth-order valence-corrected chi connectivity index (χ4v) is 3.67. The van der Waals surface area contributed by atoms with Crippen LogP contribution in [0.5, 0.6) is 11.6 Å². The monoisotopic (exact) mass is 354 g/mol. The van der Waals surface area contributed by atoms with E-state index in [1.54, 1.807) is 26.5 Å². The third-order valence-corrected chi connectivity index (χ3v) is 5.19. The summed E-state index contributed by atoms with van der Waals surface area (Å²) < 4.78 is 10.3. The molecule has 1 fully saturated rings. The molecule has 2 unspecified atom stereocenters. The van der Waals surface area contributed by atoms with E-state index in [1.165, 1.54) is 5.69 Å². The lowest BCUT2D eigenvalue weighted by Gasteiger charge is -2.40. The number of carbonyl (C=O) groups is 1. The molecule has 1 aliphatic heterocycles. The van der Waals surface area contributed by atoms with Gasteiger partial charge in [-0.25, -0.2) is 4.98 Å². The summed E-state index contributed by atoms with van der Waals surface area (Å²) in [5.74, 6) is 1.62. The zero-order valence-corrected chi connectivity index (χ0v) is 15.6. The Balaban J connectivity index is 1.70. The van der Waals surface area contributed by atoms with Crippen LogP contribution < -0.4 is 14.4 Å². The molecule has 0 saturated carbocycles. The van der Waals surface area contributed by atoms with E-state index in [4.69, 9.17) is 9.47 Å². The highest BCUT2D eigenvalue weighted by Crippen LogP contribution is 2.32. The molecule has 138 valence electrons. The second-order valence-electron chi connectivity index (χ2n) is 6.63. The first kappa shape index (κ1) is 18.2. The number of hydrogen-bond donors (Lipinski definition) is 0. The lowest BCUT2D eigenvalue weighted by atomic mass is 9.84. The molecule has 0 radical (unpaired) electrons. The number of methoxy groups -OCH3 is 2. The third-order valence-electron chi connectivity index (χ3n) is 5.19. The van der Waals surface area contributed by atoms with Crippen LogP contribution in [-0.2, 0) is 0 Å². The van der Waals surface area contributed by atoms with E-state index < -0.39 is 0 Å². The molecule has 0 bridgehead atoms. The predicted molar refractivity (Wildman–Crippen MR) is 102 cm³/mol. The quantitative estimate of drug-likeness (QED) is 0.735. The second kappa shape index (κ2) is 8.21. The molecule has 0 N–H and O–H groups in total. The minimum atomic E-state index is 0.0460. The lowest BCUT2D eigenvalue weighted by Crippen LogP contribution is -2.44. The second-order valence-corrected chi connectivity index (χ2v) is 6.63. The largest absolute Gasteiger partial charge is 0.497 e. The van der Waals surface area contributed by atoms with Gasteiger partial charge in [0.25, 0.3) is 0 Å². The number of pyridine rings is 1. The normalized spacial score (nSPS) is 19.9. The van der Waals surface area contributed by atoms with E-state index in [9.17, 15) is 4.79 Å². The van der Waals surface area contributed by atoms with Crippen LogP contribution in [0.2, 0.25) is 0 Å². The summed E-state index contributed by atoms with van der Waals surface area (Å²) in [5.41, 5.74) is 1.86. The van der Waals surface area contributed by atoms with Gasteiger partial charge >= 0.3 is 0 Å². The van der Waals surface area contributed by atoms with Gasteiger partial charge in [0.05, 0.1) is 14.2 Å². The number of anilines is 1. The van der Waals surface area contributed by atoms with Crippen LogP contribution in [0.1, 0.15) is 36.5 Å². The number of Topliss-reactive ketones (excluding diaryl/α,β-unsaturated/α-hetero) is 1. The van der Waals surface area contributed by atoms with Crippen LogP contribution >= 0.6 is 0 Å². The molecular weight excluding hydrogens is 328 g/mol.